The summed E-state index contributed by atoms with van der Waals surface area (Å²) in [5.41, 5.74) is 3.40. The van der Waals surface area contributed by atoms with Crippen LogP contribution in [-0.4, -0.2) is 33.6 Å². The molecule has 0 atom stereocenters. The Bertz CT molecular complexity index is 522. The van der Waals surface area contributed by atoms with Crippen molar-refractivity contribution in [1.29, 1.82) is 0 Å². The van der Waals surface area contributed by atoms with Crippen molar-refractivity contribution in [2.24, 2.45) is 5.84 Å². The van der Waals surface area contributed by atoms with E-state index in [-0.39, 0.29) is 12.0 Å². The van der Waals surface area contributed by atoms with E-state index in [1.807, 2.05) is 12.3 Å². The van der Waals surface area contributed by atoms with Crippen LogP contribution in [-0.2, 0) is 6.42 Å². The van der Waals surface area contributed by atoms with Crippen LogP contribution in [0.25, 0.3) is 0 Å². The Morgan fingerprint density at radius 1 is 1.26 bits per heavy atom. The molecule has 0 saturated carbocycles. The second-order valence-electron chi connectivity index (χ2n) is 3.67. The molecule has 9 heteroatoms. The van der Waals surface area contributed by atoms with Gasteiger partial charge in [-0.15, -0.1) is 11.3 Å². The zero-order valence-electron chi connectivity index (χ0n) is 10.7. The van der Waals surface area contributed by atoms with E-state index >= 15 is 0 Å². The predicted molar refractivity (Wildman–Crippen MR) is 73.2 cm³/mol. The molecule has 0 saturated heterocycles. The van der Waals surface area contributed by atoms with Gasteiger partial charge in [-0.25, -0.2) is 10.8 Å². The molecule has 0 amide bonds. The molecule has 0 aromatic carbocycles. The molecule has 2 aromatic heterocycles. The number of thiazole rings is 1. The number of nitrogens with zero attached hydrogens (tertiary/aromatic N) is 4. The van der Waals surface area contributed by atoms with Gasteiger partial charge >= 0.3 is 6.01 Å². The normalized spacial score (nSPS) is 10.3. The lowest BCUT2D eigenvalue weighted by Crippen LogP contribution is -2.15. The molecule has 0 spiro atoms. The van der Waals surface area contributed by atoms with Crippen LogP contribution >= 0.6 is 11.3 Å². The van der Waals surface area contributed by atoms with Crippen molar-refractivity contribution in [2.75, 3.05) is 24.4 Å². The molecule has 0 aliphatic carbocycles. The molecule has 0 fully saturated rings. The van der Waals surface area contributed by atoms with E-state index in [0.717, 1.165) is 17.1 Å². The molecule has 102 valence electrons. The molecule has 0 aliphatic heterocycles. The van der Waals surface area contributed by atoms with Gasteiger partial charge in [-0.1, -0.05) is 0 Å². The SMILES string of the molecule is COc1nc(NN)nc(NCCc2nc(C)cs2)n1. The molecular formula is C10H15N7OS. The molecule has 0 bridgehead atoms. The average molecular weight is 281 g/mol. The van der Waals surface area contributed by atoms with Gasteiger partial charge in [0.1, 0.15) is 0 Å². The molecule has 2 aromatic rings. The minimum atomic E-state index is 0.204. The van der Waals surface area contributed by atoms with E-state index in [1.165, 1.54) is 7.11 Å². The number of methoxy groups -OCH3 is 1. The number of aryl methyl sites for hydroxylation is 1. The molecule has 2 heterocycles. The Morgan fingerprint density at radius 3 is 2.68 bits per heavy atom. The van der Waals surface area contributed by atoms with Gasteiger partial charge in [0.25, 0.3) is 0 Å². The Labute approximate surface area is 114 Å². The van der Waals surface area contributed by atoms with E-state index < -0.39 is 0 Å². The Kier molecular flexibility index (Phi) is 4.42. The number of rotatable bonds is 6. The van der Waals surface area contributed by atoms with Crippen LogP contribution in [0.5, 0.6) is 6.01 Å². The van der Waals surface area contributed by atoms with Crippen LogP contribution in [0.3, 0.4) is 0 Å². The fourth-order valence-corrected chi connectivity index (χ4v) is 2.17. The third-order valence-corrected chi connectivity index (χ3v) is 3.24. The zero-order chi connectivity index (χ0) is 13.7. The summed E-state index contributed by atoms with van der Waals surface area (Å²) in [6, 6.07) is 0.204. The highest BCUT2D eigenvalue weighted by molar-refractivity contribution is 7.09. The van der Waals surface area contributed by atoms with E-state index in [1.54, 1.807) is 11.3 Å². The number of nitrogens with two attached hydrogens (primary N) is 1. The fraction of sp³-hybridized carbons (Fsp3) is 0.400. The van der Waals surface area contributed by atoms with Crippen molar-refractivity contribution in [3.8, 4) is 6.01 Å². The third-order valence-electron chi connectivity index (χ3n) is 2.22. The van der Waals surface area contributed by atoms with Gasteiger partial charge in [-0.3, -0.25) is 5.43 Å². The standard InChI is InChI=1S/C10H15N7OS/c1-6-5-19-7(13-6)3-4-12-8-14-9(17-11)16-10(15-8)18-2/h5H,3-4,11H2,1-2H3,(H2,12,14,15,16,17). The maximum atomic E-state index is 5.27. The second kappa shape index (κ2) is 6.25. The topological polar surface area (TPSA) is 111 Å². The van der Waals surface area contributed by atoms with Gasteiger partial charge in [0.15, 0.2) is 0 Å². The number of anilines is 2. The van der Waals surface area contributed by atoms with Gasteiger partial charge in [0.05, 0.1) is 12.1 Å². The van der Waals surface area contributed by atoms with Crippen LogP contribution in [0.4, 0.5) is 11.9 Å². The first-order valence-corrected chi connectivity index (χ1v) is 6.51. The van der Waals surface area contributed by atoms with Crippen molar-refractivity contribution in [1.82, 2.24) is 19.9 Å². The van der Waals surface area contributed by atoms with E-state index in [2.05, 4.69) is 30.7 Å². The number of hydrogen-bond donors (Lipinski definition) is 3. The number of hydrazine groups is 1. The van der Waals surface area contributed by atoms with Crippen molar-refractivity contribution in [2.45, 2.75) is 13.3 Å². The summed E-state index contributed by atoms with van der Waals surface area (Å²) in [7, 11) is 1.48. The smallest absolute Gasteiger partial charge is 0.322 e. The van der Waals surface area contributed by atoms with Crippen LogP contribution in [0.1, 0.15) is 10.7 Å². The van der Waals surface area contributed by atoms with Gasteiger partial charge in [-0.05, 0) is 6.92 Å². The number of ether oxygens (including phenoxy) is 1. The molecular weight excluding hydrogens is 266 g/mol. The lowest BCUT2D eigenvalue weighted by Gasteiger charge is -2.06. The van der Waals surface area contributed by atoms with Crippen molar-refractivity contribution >= 4 is 23.2 Å². The molecule has 0 unspecified atom stereocenters. The maximum Gasteiger partial charge on any atom is 0.322 e. The summed E-state index contributed by atoms with van der Waals surface area (Å²) in [5, 5.41) is 6.18. The Morgan fingerprint density at radius 2 is 2.05 bits per heavy atom. The first kappa shape index (κ1) is 13.4. The highest BCUT2D eigenvalue weighted by Crippen LogP contribution is 2.11. The summed E-state index contributed by atoms with van der Waals surface area (Å²) in [5.74, 6) is 5.93. The van der Waals surface area contributed by atoms with Gasteiger partial charge in [0, 0.05) is 24.0 Å². The molecule has 0 radical (unpaired) electrons. The molecule has 19 heavy (non-hydrogen) atoms. The molecule has 0 aliphatic rings. The van der Waals surface area contributed by atoms with E-state index in [0.29, 0.717) is 12.5 Å². The highest BCUT2D eigenvalue weighted by Gasteiger charge is 2.06. The van der Waals surface area contributed by atoms with E-state index in [9.17, 15) is 0 Å². The summed E-state index contributed by atoms with van der Waals surface area (Å²) in [6.45, 7) is 2.65. The van der Waals surface area contributed by atoms with Crippen LogP contribution in [0, 0.1) is 6.92 Å². The van der Waals surface area contributed by atoms with Crippen LogP contribution in [0.2, 0.25) is 0 Å². The van der Waals surface area contributed by atoms with E-state index in [4.69, 9.17) is 10.6 Å². The second-order valence-corrected chi connectivity index (χ2v) is 4.62. The predicted octanol–water partition coefficient (Wildman–Crippen LogP) is 0.585. The fourth-order valence-electron chi connectivity index (χ4n) is 1.39. The van der Waals surface area contributed by atoms with Crippen molar-refractivity contribution in [3.63, 3.8) is 0 Å². The number of aromatic nitrogens is 4. The largest absolute Gasteiger partial charge is 0.467 e. The number of nitrogen functional groups attached to an aromatic ring is 1. The number of nitrogens with one attached hydrogen (secondary N) is 2. The highest BCUT2D eigenvalue weighted by atomic mass is 32.1. The monoisotopic (exact) mass is 281 g/mol. The summed E-state index contributed by atoms with van der Waals surface area (Å²) >= 11 is 1.64. The average Bonchev–Trinajstić information content (AvgIpc) is 2.84. The molecule has 2 rings (SSSR count). The minimum absolute atomic E-state index is 0.204. The molecule has 8 nitrogen and oxygen atoms in total. The Balaban J connectivity index is 1.95. The first-order valence-electron chi connectivity index (χ1n) is 5.63. The summed E-state index contributed by atoms with van der Waals surface area (Å²) in [4.78, 5) is 16.4. The summed E-state index contributed by atoms with van der Waals surface area (Å²) < 4.78 is 4.96. The van der Waals surface area contributed by atoms with Crippen molar-refractivity contribution < 1.29 is 4.74 Å². The maximum absolute atomic E-state index is 5.27. The Hall–Kier alpha value is -2.00. The zero-order valence-corrected chi connectivity index (χ0v) is 11.5. The lowest BCUT2D eigenvalue weighted by molar-refractivity contribution is 0.379. The van der Waals surface area contributed by atoms with Crippen molar-refractivity contribution in [3.05, 3.63) is 16.1 Å². The van der Waals surface area contributed by atoms with Crippen LogP contribution < -0.4 is 21.3 Å². The number of hydrogen-bond acceptors (Lipinski definition) is 9. The minimum Gasteiger partial charge on any atom is -0.467 e. The van der Waals surface area contributed by atoms with Crippen LogP contribution in [0.15, 0.2) is 5.38 Å². The first-order chi connectivity index (χ1) is 9.21. The summed E-state index contributed by atoms with van der Waals surface area (Å²) in [6.07, 6.45) is 0.803. The lowest BCUT2D eigenvalue weighted by atomic mass is 10.4. The van der Waals surface area contributed by atoms with Gasteiger partial charge < -0.3 is 10.1 Å². The van der Waals surface area contributed by atoms with Gasteiger partial charge in [-0.2, -0.15) is 15.0 Å². The quantitative estimate of drug-likeness (QED) is 0.521. The van der Waals surface area contributed by atoms with Gasteiger partial charge in [0.2, 0.25) is 11.9 Å². The molecule has 4 N–H and O–H groups in total. The third kappa shape index (κ3) is 3.73.